The van der Waals surface area contributed by atoms with Crippen molar-refractivity contribution in [1.82, 2.24) is 10.2 Å². The Bertz CT molecular complexity index is 961. The van der Waals surface area contributed by atoms with Gasteiger partial charge in [-0.1, -0.05) is 6.07 Å². The molecule has 0 aliphatic heterocycles. The van der Waals surface area contributed by atoms with Gasteiger partial charge in [-0.15, -0.1) is 10.2 Å². The first-order valence-corrected chi connectivity index (χ1v) is 8.41. The first-order valence-electron chi connectivity index (χ1n) is 8.41. The number of hydrogen-bond donors (Lipinski definition) is 2. The van der Waals surface area contributed by atoms with Crippen molar-refractivity contribution >= 4 is 23.1 Å². The Morgan fingerprint density at radius 2 is 1.64 bits per heavy atom. The van der Waals surface area contributed by atoms with E-state index in [0.717, 1.165) is 11.4 Å². The van der Waals surface area contributed by atoms with Crippen LogP contribution in [0.2, 0.25) is 0 Å². The summed E-state index contributed by atoms with van der Waals surface area (Å²) in [7, 11) is 4.68. The van der Waals surface area contributed by atoms with E-state index in [2.05, 4.69) is 20.8 Å². The molecule has 0 saturated heterocycles. The van der Waals surface area contributed by atoms with Crippen molar-refractivity contribution in [3.05, 3.63) is 60.3 Å². The molecule has 0 aliphatic carbocycles. The number of benzene rings is 2. The Labute approximate surface area is 162 Å². The molecule has 1 aromatic heterocycles. The van der Waals surface area contributed by atoms with E-state index in [-0.39, 0.29) is 11.6 Å². The van der Waals surface area contributed by atoms with E-state index < -0.39 is 0 Å². The van der Waals surface area contributed by atoms with Gasteiger partial charge in [-0.3, -0.25) is 4.79 Å². The van der Waals surface area contributed by atoms with Crippen LogP contribution < -0.4 is 24.8 Å². The van der Waals surface area contributed by atoms with Gasteiger partial charge in [0.1, 0.15) is 5.75 Å². The minimum absolute atomic E-state index is 0.186. The standard InChI is InChI=1S/C20H20N4O4/c1-26-15-6-4-5-13(11-15)21-19-10-8-16(23-24-19)20(25)22-14-7-9-17(27-2)18(12-14)28-3/h4-12H,1-3H3,(H,21,24)(H,22,25). The van der Waals surface area contributed by atoms with Gasteiger partial charge < -0.3 is 24.8 Å². The van der Waals surface area contributed by atoms with Crippen LogP contribution in [0.5, 0.6) is 17.2 Å². The van der Waals surface area contributed by atoms with Crippen molar-refractivity contribution in [2.45, 2.75) is 0 Å². The molecule has 0 unspecified atom stereocenters. The largest absolute Gasteiger partial charge is 0.497 e. The maximum Gasteiger partial charge on any atom is 0.276 e. The van der Waals surface area contributed by atoms with Gasteiger partial charge in [0, 0.05) is 23.5 Å². The van der Waals surface area contributed by atoms with Gasteiger partial charge in [-0.05, 0) is 36.4 Å². The molecule has 2 aromatic carbocycles. The molecule has 144 valence electrons. The van der Waals surface area contributed by atoms with Crippen LogP contribution >= 0.6 is 0 Å². The molecule has 0 bridgehead atoms. The number of carbonyl (C=O) groups excluding carboxylic acids is 1. The minimum atomic E-state index is -0.382. The number of methoxy groups -OCH3 is 3. The molecular formula is C20H20N4O4. The Balaban J connectivity index is 1.68. The summed E-state index contributed by atoms with van der Waals surface area (Å²) >= 11 is 0. The van der Waals surface area contributed by atoms with Crippen molar-refractivity contribution in [3.63, 3.8) is 0 Å². The van der Waals surface area contributed by atoms with Crippen LogP contribution in [0, 0.1) is 0 Å². The van der Waals surface area contributed by atoms with Crippen molar-refractivity contribution in [1.29, 1.82) is 0 Å². The lowest BCUT2D eigenvalue weighted by Crippen LogP contribution is -2.14. The third-order valence-electron chi connectivity index (χ3n) is 3.88. The van der Waals surface area contributed by atoms with E-state index in [1.165, 1.54) is 7.11 Å². The van der Waals surface area contributed by atoms with Crippen LogP contribution in [-0.4, -0.2) is 37.4 Å². The van der Waals surface area contributed by atoms with Crippen LogP contribution in [0.1, 0.15) is 10.5 Å². The summed E-state index contributed by atoms with van der Waals surface area (Å²) in [6.45, 7) is 0. The smallest absolute Gasteiger partial charge is 0.276 e. The third-order valence-corrected chi connectivity index (χ3v) is 3.88. The van der Waals surface area contributed by atoms with E-state index in [1.54, 1.807) is 44.6 Å². The van der Waals surface area contributed by atoms with E-state index in [1.807, 2.05) is 24.3 Å². The number of rotatable bonds is 7. The Kier molecular flexibility index (Phi) is 5.91. The van der Waals surface area contributed by atoms with Gasteiger partial charge in [0.15, 0.2) is 23.0 Å². The van der Waals surface area contributed by atoms with Gasteiger partial charge in [0.05, 0.1) is 21.3 Å². The number of carbonyl (C=O) groups is 1. The molecule has 0 radical (unpaired) electrons. The molecule has 2 N–H and O–H groups in total. The molecule has 0 aliphatic rings. The lowest BCUT2D eigenvalue weighted by molar-refractivity contribution is 0.102. The average Bonchev–Trinajstić information content (AvgIpc) is 2.74. The van der Waals surface area contributed by atoms with E-state index in [4.69, 9.17) is 14.2 Å². The molecule has 0 spiro atoms. The van der Waals surface area contributed by atoms with Crippen LogP contribution in [0.15, 0.2) is 54.6 Å². The number of amides is 1. The summed E-state index contributed by atoms with van der Waals surface area (Å²) in [4.78, 5) is 12.4. The summed E-state index contributed by atoms with van der Waals surface area (Å²) in [5.74, 6) is 1.95. The first-order chi connectivity index (χ1) is 13.6. The van der Waals surface area contributed by atoms with E-state index >= 15 is 0 Å². The third kappa shape index (κ3) is 4.47. The fourth-order valence-corrected chi connectivity index (χ4v) is 2.48. The molecule has 1 amide bonds. The predicted octanol–water partition coefficient (Wildman–Crippen LogP) is 3.50. The van der Waals surface area contributed by atoms with Gasteiger partial charge in [0.2, 0.25) is 0 Å². The molecule has 8 nitrogen and oxygen atoms in total. The number of nitrogens with one attached hydrogen (secondary N) is 2. The Hall–Kier alpha value is -3.81. The van der Waals surface area contributed by atoms with Crippen LogP contribution in [0.25, 0.3) is 0 Å². The Morgan fingerprint density at radius 1 is 0.821 bits per heavy atom. The number of aromatic nitrogens is 2. The number of ether oxygens (including phenoxy) is 3. The summed E-state index contributed by atoms with van der Waals surface area (Å²) in [5, 5.41) is 13.9. The zero-order chi connectivity index (χ0) is 19.9. The van der Waals surface area contributed by atoms with Gasteiger partial charge in [-0.25, -0.2) is 0 Å². The Morgan fingerprint density at radius 3 is 2.32 bits per heavy atom. The highest BCUT2D eigenvalue weighted by molar-refractivity contribution is 6.03. The van der Waals surface area contributed by atoms with Crippen LogP contribution in [0.3, 0.4) is 0 Å². The molecule has 0 atom stereocenters. The van der Waals surface area contributed by atoms with Crippen LogP contribution in [-0.2, 0) is 0 Å². The summed E-state index contributed by atoms with van der Waals surface area (Å²) < 4.78 is 15.6. The molecule has 0 saturated carbocycles. The first kappa shape index (κ1) is 19.0. The molecular weight excluding hydrogens is 360 g/mol. The highest BCUT2D eigenvalue weighted by atomic mass is 16.5. The molecule has 3 rings (SSSR count). The average molecular weight is 380 g/mol. The summed E-state index contributed by atoms with van der Waals surface area (Å²) in [6.07, 6.45) is 0. The van der Waals surface area contributed by atoms with Gasteiger partial charge in [-0.2, -0.15) is 0 Å². The summed E-state index contributed by atoms with van der Waals surface area (Å²) in [5.41, 5.74) is 1.55. The number of nitrogens with zero attached hydrogens (tertiary/aromatic N) is 2. The second-order valence-corrected chi connectivity index (χ2v) is 5.68. The van der Waals surface area contributed by atoms with Crippen molar-refractivity contribution < 1.29 is 19.0 Å². The van der Waals surface area contributed by atoms with Gasteiger partial charge in [0.25, 0.3) is 5.91 Å². The predicted molar refractivity (Wildman–Crippen MR) is 106 cm³/mol. The minimum Gasteiger partial charge on any atom is -0.497 e. The topological polar surface area (TPSA) is 94.6 Å². The van der Waals surface area contributed by atoms with Crippen molar-refractivity contribution in [3.8, 4) is 17.2 Å². The number of hydrogen-bond acceptors (Lipinski definition) is 7. The normalized spacial score (nSPS) is 10.1. The maximum absolute atomic E-state index is 12.4. The quantitative estimate of drug-likeness (QED) is 0.648. The molecule has 3 aromatic rings. The van der Waals surface area contributed by atoms with Crippen molar-refractivity contribution in [2.24, 2.45) is 0 Å². The molecule has 8 heteroatoms. The highest BCUT2D eigenvalue weighted by Gasteiger charge is 2.11. The second-order valence-electron chi connectivity index (χ2n) is 5.68. The fourth-order valence-electron chi connectivity index (χ4n) is 2.48. The van der Waals surface area contributed by atoms with Crippen LogP contribution in [0.4, 0.5) is 17.2 Å². The molecule has 28 heavy (non-hydrogen) atoms. The maximum atomic E-state index is 12.4. The zero-order valence-corrected chi connectivity index (χ0v) is 15.7. The van der Waals surface area contributed by atoms with Gasteiger partial charge >= 0.3 is 0 Å². The van der Waals surface area contributed by atoms with E-state index in [0.29, 0.717) is 23.0 Å². The monoisotopic (exact) mass is 380 g/mol. The number of anilines is 3. The highest BCUT2D eigenvalue weighted by Crippen LogP contribution is 2.29. The molecule has 0 fully saturated rings. The lowest BCUT2D eigenvalue weighted by Gasteiger charge is -2.10. The summed E-state index contributed by atoms with van der Waals surface area (Å²) in [6, 6.07) is 15.8. The fraction of sp³-hybridized carbons (Fsp3) is 0.150. The van der Waals surface area contributed by atoms with E-state index in [9.17, 15) is 4.79 Å². The molecule has 1 heterocycles. The lowest BCUT2D eigenvalue weighted by atomic mass is 10.2. The SMILES string of the molecule is COc1cccc(Nc2ccc(C(=O)Nc3ccc(OC)c(OC)c3)nn2)c1. The second kappa shape index (κ2) is 8.72. The zero-order valence-electron chi connectivity index (χ0n) is 15.7. The van der Waals surface area contributed by atoms with Crippen molar-refractivity contribution in [2.75, 3.05) is 32.0 Å².